The van der Waals surface area contributed by atoms with Crippen molar-refractivity contribution in [3.63, 3.8) is 0 Å². The van der Waals surface area contributed by atoms with E-state index < -0.39 is 0 Å². The van der Waals surface area contributed by atoms with Crippen molar-refractivity contribution >= 4 is 22.4 Å². The van der Waals surface area contributed by atoms with E-state index in [1.165, 1.54) is 11.3 Å². The molecule has 1 aliphatic rings. The summed E-state index contributed by atoms with van der Waals surface area (Å²) in [5.41, 5.74) is 6.42. The summed E-state index contributed by atoms with van der Waals surface area (Å²) in [7, 11) is 1.67. The van der Waals surface area contributed by atoms with Crippen molar-refractivity contribution in [3.8, 4) is 0 Å². The van der Waals surface area contributed by atoms with Gasteiger partial charge < -0.3 is 20.1 Å². The molecule has 112 valence electrons. The van der Waals surface area contributed by atoms with Gasteiger partial charge in [-0.2, -0.15) is 0 Å². The predicted molar refractivity (Wildman–Crippen MR) is 78.4 cm³/mol. The molecule has 1 saturated heterocycles. The molecule has 0 unspecified atom stereocenters. The fraction of sp³-hybridized carbons (Fsp3) is 0.692. The third-order valence-electron chi connectivity index (χ3n) is 3.44. The van der Waals surface area contributed by atoms with Crippen LogP contribution in [0.3, 0.4) is 0 Å². The highest BCUT2D eigenvalue weighted by Crippen LogP contribution is 2.28. The van der Waals surface area contributed by atoms with Gasteiger partial charge in [0.05, 0.1) is 12.7 Å². The molecule has 0 radical (unpaired) electrons. The van der Waals surface area contributed by atoms with Gasteiger partial charge in [-0.1, -0.05) is 0 Å². The molecule has 0 amide bonds. The number of ether oxygens (including phenoxy) is 2. The van der Waals surface area contributed by atoms with E-state index in [2.05, 4.69) is 9.88 Å². The van der Waals surface area contributed by atoms with Crippen LogP contribution in [-0.4, -0.2) is 49.9 Å². The first-order valence-corrected chi connectivity index (χ1v) is 7.56. The summed E-state index contributed by atoms with van der Waals surface area (Å²) < 4.78 is 10.4. The minimum absolute atomic E-state index is 0.000926. The average molecular weight is 299 g/mol. The van der Waals surface area contributed by atoms with E-state index in [0.29, 0.717) is 18.8 Å². The largest absolute Gasteiger partial charge is 0.461 e. The van der Waals surface area contributed by atoms with Crippen LogP contribution in [0, 0.1) is 6.92 Å². The van der Waals surface area contributed by atoms with Crippen LogP contribution in [0.1, 0.15) is 28.7 Å². The van der Waals surface area contributed by atoms with Crippen molar-refractivity contribution in [3.05, 3.63) is 10.6 Å². The van der Waals surface area contributed by atoms with E-state index in [1.54, 1.807) is 14.0 Å². The Bertz CT molecular complexity index is 477. The number of aryl methyl sites for hydroxylation is 1. The predicted octanol–water partition coefficient (Wildman–Crippen LogP) is 1.18. The number of hydrogen-bond acceptors (Lipinski definition) is 7. The van der Waals surface area contributed by atoms with Crippen LogP contribution >= 0.6 is 11.3 Å². The van der Waals surface area contributed by atoms with Gasteiger partial charge in [0.25, 0.3) is 0 Å². The van der Waals surface area contributed by atoms with Crippen molar-refractivity contribution in [1.82, 2.24) is 4.98 Å². The molecule has 7 heteroatoms. The van der Waals surface area contributed by atoms with Gasteiger partial charge >= 0.3 is 5.97 Å². The molecule has 6 nitrogen and oxygen atoms in total. The maximum Gasteiger partial charge on any atom is 0.358 e. The maximum atomic E-state index is 11.8. The Morgan fingerprint density at radius 2 is 2.35 bits per heavy atom. The fourth-order valence-corrected chi connectivity index (χ4v) is 3.20. The number of nitrogens with two attached hydrogens (primary N) is 1. The van der Waals surface area contributed by atoms with Gasteiger partial charge in [0, 0.05) is 31.1 Å². The van der Waals surface area contributed by atoms with E-state index in [0.717, 1.165) is 23.0 Å². The zero-order valence-corrected chi connectivity index (χ0v) is 12.9. The standard InChI is InChI=1S/C13H21N3O3S/c1-4-19-12(17)11-8(2)20-13(15-11)16-6-5-9(14)10(7-16)18-3/h9-10H,4-7,14H2,1-3H3/t9-,10+/m1/s1. The number of methoxy groups -OCH3 is 1. The van der Waals surface area contributed by atoms with E-state index in [-0.39, 0.29) is 18.1 Å². The highest BCUT2D eigenvalue weighted by atomic mass is 32.1. The second kappa shape index (κ2) is 6.51. The lowest BCUT2D eigenvalue weighted by molar-refractivity contribution is 0.0519. The van der Waals surface area contributed by atoms with Crippen LogP contribution in [0.25, 0.3) is 0 Å². The number of hydrogen-bond donors (Lipinski definition) is 1. The Hall–Kier alpha value is -1.18. The van der Waals surface area contributed by atoms with Crippen molar-refractivity contribution in [2.45, 2.75) is 32.4 Å². The minimum Gasteiger partial charge on any atom is -0.461 e. The van der Waals surface area contributed by atoms with Gasteiger partial charge in [0.1, 0.15) is 0 Å². The monoisotopic (exact) mass is 299 g/mol. The Kier molecular flexibility index (Phi) is 4.95. The Balaban J connectivity index is 2.13. The van der Waals surface area contributed by atoms with Gasteiger partial charge in [-0.15, -0.1) is 11.3 Å². The topological polar surface area (TPSA) is 77.7 Å². The number of carbonyl (C=O) groups excluding carboxylic acids is 1. The van der Waals surface area contributed by atoms with Crippen molar-refractivity contribution in [2.24, 2.45) is 5.73 Å². The molecule has 2 N–H and O–H groups in total. The first kappa shape index (κ1) is 15.2. The SMILES string of the molecule is CCOC(=O)c1nc(N2CC[C@@H](N)[C@@H](OC)C2)sc1C. The molecule has 1 aromatic heterocycles. The number of piperidine rings is 1. The molecular weight excluding hydrogens is 278 g/mol. The quantitative estimate of drug-likeness (QED) is 0.841. The summed E-state index contributed by atoms with van der Waals surface area (Å²) in [6, 6.07) is 0.0573. The second-order valence-electron chi connectivity index (χ2n) is 4.79. The van der Waals surface area contributed by atoms with Gasteiger partial charge in [-0.3, -0.25) is 0 Å². The van der Waals surface area contributed by atoms with Crippen LogP contribution in [0.15, 0.2) is 0 Å². The van der Waals surface area contributed by atoms with Gasteiger partial charge in [0.15, 0.2) is 10.8 Å². The van der Waals surface area contributed by atoms with Crippen molar-refractivity contribution in [2.75, 3.05) is 31.7 Å². The number of rotatable bonds is 4. The smallest absolute Gasteiger partial charge is 0.358 e. The molecule has 0 aliphatic carbocycles. The molecule has 1 fully saturated rings. The summed E-state index contributed by atoms with van der Waals surface area (Å²) >= 11 is 1.51. The van der Waals surface area contributed by atoms with E-state index in [1.807, 2.05) is 6.92 Å². The Morgan fingerprint density at radius 3 is 3.00 bits per heavy atom. The highest BCUT2D eigenvalue weighted by molar-refractivity contribution is 7.15. The third kappa shape index (κ3) is 3.11. The first-order valence-electron chi connectivity index (χ1n) is 6.74. The van der Waals surface area contributed by atoms with Crippen LogP contribution in [-0.2, 0) is 9.47 Å². The van der Waals surface area contributed by atoms with Crippen LogP contribution in [0.2, 0.25) is 0 Å². The molecule has 0 aromatic carbocycles. The minimum atomic E-state index is -0.357. The normalized spacial score (nSPS) is 22.9. The van der Waals surface area contributed by atoms with Gasteiger partial charge in [-0.05, 0) is 20.3 Å². The second-order valence-corrected chi connectivity index (χ2v) is 5.98. The van der Waals surface area contributed by atoms with E-state index in [9.17, 15) is 4.79 Å². The summed E-state index contributed by atoms with van der Waals surface area (Å²) in [6.45, 7) is 5.56. The van der Waals surface area contributed by atoms with Gasteiger partial charge in [-0.25, -0.2) is 9.78 Å². The molecule has 2 heterocycles. The zero-order chi connectivity index (χ0) is 14.7. The van der Waals surface area contributed by atoms with Crippen LogP contribution < -0.4 is 10.6 Å². The number of carbonyl (C=O) groups is 1. The first-order chi connectivity index (χ1) is 9.56. The van der Waals surface area contributed by atoms with Crippen molar-refractivity contribution in [1.29, 1.82) is 0 Å². The maximum absolute atomic E-state index is 11.8. The lowest BCUT2D eigenvalue weighted by Crippen LogP contribution is -2.51. The third-order valence-corrected chi connectivity index (χ3v) is 4.47. The number of aromatic nitrogens is 1. The number of anilines is 1. The number of thiazole rings is 1. The molecule has 2 rings (SSSR count). The molecule has 2 atom stereocenters. The van der Waals surface area contributed by atoms with Crippen LogP contribution in [0.4, 0.5) is 5.13 Å². The Morgan fingerprint density at radius 1 is 1.60 bits per heavy atom. The average Bonchev–Trinajstić information content (AvgIpc) is 2.82. The lowest BCUT2D eigenvalue weighted by Gasteiger charge is -2.35. The number of nitrogens with zero attached hydrogens (tertiary/aromatic N) is 2. The molecule has 0 saturated carbocycles. The summed E-state index contributed by atoms with van der Waals surface area (Å²) in [5.74, 6) is -0.357. The lowest BCUT2D eigenvalue weighted by atomic mass is 10.0. The Labute approximate surface area is 122 Å². The molecule has 20 heavy (non-hydrogen) atoms. The summed E-state index contributed by atoms with van der Waals surface area (Å²) in [6.07, 6.45) is 0.852. The molecule has 1 aliphatic heterocycles. The molecular formula is C13H21N3O3S. The zero-order valence-electron chi connectivity index (χ0n) is 12.1. The molecule has 0 spiro atoms. The van der Waals surface area contributed by atoms with Gasteiger partial charge in [0.2, 0.25) is 0 Å². The fourth-order valence-electron chi connectivity index (χ4n) is 2.26. The van der Waals surface area contributed by atoms with E-state index >= 15 is 0 Å². The summed E-state index contributed by atoms with van der Waals surface area (Å²) in [4.78, 5) is 19.2. The highest BCUT2D eigenvalue weighted by Gasteiger charge is 2.29. The number of esters is 1. The molecule has 1 aromatic rings. The van der Waals surface area contributed by atoms with E-state index in [4.69, 9.17) is 15.2 Å². The van der Waals surface area contributed by atoms with Crippen molar-refractivity contribution < 1.29 is 14.3 Å². The molecule has 0 bridgehead atoms. The summed E-state index contributed by atoms with van der Waals surface area (Å²) in [5, 5.41) is 0.833. The van der Waals surface area contributed by atoms with Crippen LogP contribution in [0.5, 0.6) is 0 Å².